The predicted molar refractivity (Wildman–Crippen MR) is 203 cm³/mol. The third kappa shape index (κ3) is 4.06. The van der Waals surface area contributed by atoms with Crippen molar-refractivity contribution in [2.24, 2.45) is 0 Å². The SMILES string of the molecule is C1=CC(N(c2ccccc2)c2ccc(-n3c4cc(-c5ccccc5)cc5c4c4c6c(cccc6ccc43)-c3ccccc3-5)cc2)=CCC1. The van der Waals surface area contributed by atoms with Gasteiger partial charge in [0, 0.05) is 33.5 Å². The van der Waals surface area contributed by atoms with E-state index in [9.17, 15) is 0 Å². The summed E-state index contributed by atoms with van der Waals surface area (Å²) < 4.78 is 2.49. The minimum atomic E-state index is 1.06. The van der Waals surface area contributed by atoms with Gasteiger partial charge in [-0.2, -0.15) is 0 Å². The van der Waals surface area contributed by atoms with Crippen molar-refractivity contribution in [2.45, 2.75) is 12.8 Å². The van der Waals surface area contributed by atoms with Gasteiger partial charge in [0.1, 0.15) is 0 Å². The van der Waals surface area contributed by atoms with Gasteiger partial charge in [-0.05, 0) is 118 Å². The number of hydrogen-bond donors (Lipinski definition) is 0. The average molecular weight is 613 g/mol. The largest absolute Gasteiger partial charge is 0.311 e. The quantitative estimate of drug-likeness (QED) is 0.188. The summed E-state index contributed by atoms with van der Waals surface area (Å²) >= 11 is 0. The Bertz CT molecular complexity index is 2590. The van der Waals surface area contributed by atoms with Crippen LogP contribution in [-0.2, 0) is 0 Å². The van der Waals surface area contributed by atoms with Gasteiger partial charge >= 0.3 is 0 Å². The maximum Gasteiger partial charge on any atom is 0.0553 e. The molecule has 8 aromatic rings. The average Bonchev–Trinajstić information content (AvgIpc) is 3.44. The maximum atomic E-state index is 2.49. The van der Waals surface area contributed by atoms with Crippen molar-refractivity contribution in [3.05, 3.63) is 176 Å². The Hall–Kier alpha value is -6.12. The van der Waals surface area contributed by atoms with Crippen LogP contribution in [0, 0.1) is 0 Å². The lowest BCUT2D eigenvalue weighted by molar-refractivity contribution is 0.997. The summed E-state index contributed by atoms with van der Waals surface area (Å²) in [5.41, 5.74) is 14.8. The monoisotopic (exact) mass is 612 g/mol. The molecule has 0 N–H and O–H groups in total. The zero-order chi connectivity index (χ0) is 31.6. The molecular weight excluding hydrogens is 581 g/mol. The lowest BCUT2D eigenvalue weighted by Crippen LogP contribution is -2.16. The van der Waals surface area contributed by atoms with Crippen molar-refractivity contribution in [2.75, 3.05) is 4.90 Å². The lowest BCUT2D eigenvalue weighted by atomic mass is 9.92. The summed E-state index contributed by atoms with van der Waals surface area (Å²) in [5.74, 6) is 0. The van der Waals surface area contributed by atoms with Gasteiger partial charge in [-0.1, -0.05) is 109 Å². The van der Waals surface area contributed by atoms with E-state index in [1.54, 1.807) is 0 Å². The standard InChI is InChI=1S/C46H32N2/c1-4-13-31(14-5-1)33-29-41-39-21-11-10-20-38(39)40-22-12-15-32-23-28-42-46(44(32)40)45(41)43(30-33)48(42)37-26-24-36(25-27-37)47(34-16-6-2-7-17-34)35-18-8-3-9-19-35/h1-2,4-8,10-30H,3,9H2. The van der Waals surface area contributed by atoms with Crippen LogP contribution in [0.4, 0.5) is 11.4 Å². The topological polar surface area (TPSA) is 8.17 Å². The van der Waals surface area contributed by atoms with Crippen molar-refractivity contribution in [3.8, 4) is 39.1 Å². The Morgan fingerprint density at radius 1 is 0.458 bits per heavy atom. The van der Waals surface area contributed by atoms with Gasteiger partial charge in [0.15, 0.2) is 0 Å². The zero-order valence-electron chi connectivity index (χ0n) is 26.5. The first kappa shape index (κ1) is 27.0. The van der Waals surface area contributed by atoms with Crippen molar-refractivity contribution in [3.63, 3.8) is 0 Å². The third-order valence-electron chi connectivity index (χ3n) is 10.1. The van der Waals surface area contributed by atoms with E-state index in [1.165, 1.54) is 71.7 Å². The van der Waals surface area contributed by atoms with Gasteiger partial charge in [0.25, 0.3) is 0 Å². The number of rotatable bonds is 5. The fraction of sp³-hybridized carbons (Fsp3) is 0.0435. The molecule has 0 amide bonds. The van der Waals surface area contributed by atoms with Gasteiger partial charge in [-0.15, -0.1) is 0 Å². The highest BCUT2D eigenvalue weighted by Crippen LogP contribution is 2.50. The smallest absolute Gasteiger partial charge is 0.0553 e. The summed E-state index contributed by atoms with van der Waals surface area (Å²) in [6.45, 7) is 0. The normalized spacial score (nSPS) is 13.3. The number of fused-ring (bicyclic) bond motifs is 3. The molecule has 2 nitrogen and oxygen atoms in total. The molecule has 2 heteroatoms. The van der Waals surface area contributed by atoms with E-state index in [0.29, 0.717) is 0 Å². The van der Waals surface area contributed by atoms with Gasteiger partial charge in [0.05, 0.1) is 11.0 Å². The van der Waals surface area contributed by atoms with E-state index in [1.807, 2.05) is 0 Å². The van der Waals surface area contributed by atoms with Crippen molar-refractivity contribution < 1.29 is 0 Å². The van der Waals surface area contributed by atoms with Gasteiger partial charge in [-0.3, -0.25) is 0 Å². The van der Waals surface area contributed by atoms with E-state index in [4.69, 9.17) is 0 Å². The Morgan fingerprint density at radius 3 is 1.94 bits per heavy atom. The number of benzene rings is 7. The fourth-order valence-corrected chi connectivity index (χ4v) is 8.01. The molecule has 10 rings (SSSR count). The molecule has 2 aliphatic rings. The van der Waals surface area contributed by atoms with Crippen LogP contribution in [0.2, 0.25) is 0 Å². The van der Waals surface area contributed by atoms with Crippen LogP contribution in [0.3, 0.4) is 0 Å². The number of hydrogen-bond acceptors (Lipinski definition) is 1. The van der Waals surface area contributed by atoms with Crippen molar-refractivity contribution in [1.29, 1.82) is 0 Å². The highest BCUT2D eigenvalue weighted by atomic mass is 15.1. The first-order valence-electron chi connectivity index (χ1n) is 16.8. The molecule has 0 radical (unpaired) electrons. The minimum Gasteiger partial charge on any atom is -0.311 e. The van der Waals surface area contributed by atoms with Crippen LogP contribution < -0.4 is 4.90 Å². The van der Waals surface area contributed by atoms with Crippen LogP contribution in [0.1, 0.15) is 12.8 Å². The second kappa shape index (κ2) is 10.7. The molecule has 226 valence electrons. The molecule has 1 heterocycles. The van der Waals surface area contributed by atoms with Gasteiger partial charge in [0.2, 0.25) is 0 Å². The minimum absolute atomic E-state index is 1.06. The fourth-order valence-electron chi connectivity index (χ4n) is 8.01. The zero-order valence-corrected chi connectivity index (χ0v) is 26.5. The number of allylic oxidation sites excluding steroid dienone is 3. The highest BCUT2D eigenvalue weighted by Gasteiger charge is 2.26. The first-order valence-corrected chi connectivity index (χ1v) is 16.8. The van der Waals surface area contributed by atoms with E-state index in [-0.39, 0.29) is 0 Å². The van der Waals surface area contributed by atoms with Crippen LogP contribution in [0.15, 0.2) is 176 Å². The van der Waals surface area contributed by atoms with E-state index >= 15 is 0 Å². The molecule has 2 aliphatic carbocycles. The summed E-state index contributed by atoms with van der Waals surface area (Å²) in [5, 5.41) is 5.26. The second-order valence-corrected chi connectivity index (χ2v) is 12.8. The molecule has 0 saturated carbocycles. The molecule has 1 aromatic heterocycles. The van der Waals surface area contributed by atoms with E-state index in [0.717, 1.165) is 29.9 Å². The molecule has 7 aromatic carbocycles. The summed E-state index contributed by atoms with van der Waals surface area (Å²) in [4.78, 5) is 2.37. The summed E-state index contributed by atoms with van der Waals surface area (Å²) in [7, 11) is 0. The van der Waals surface area contributed by atoms with E-state index in [2.05, 4.69) is 179 Å². The number of para-hydroxylation sites is 1. The van der Waals surface area contributed by atoms with Gasteiger partial charge < -0.3 is 9.47 Å². The van der Waals surface area contributed by atoms with Crippen LogP contribution in [-0.4, -0.2) is 4.57 Å². The van der Waals surface area contributed by atoms with Crippen molar-refractivity contribution >= 4 is 44.0 Å². The molecule has 0 atom stereocenters. The van der Waals surface area contributed by atoms with E-state index < -0.39 is 0 Å². The summed E-state index contributed by atoms with van der Waals surface area (Å²) in [6.07, 6.45) is 9.02. The lowest BCUT2D eigenvalue weighted by Gasteiger charge is -2.27. The molecular formula is C46H32N2. The maximum absolute atomic E-state index is 2.49. The molecule has 0 unspecified atom stereocenters. The first-order chi connectivity index (χ1) is 23.8. The Labute approximate surface area is 280 Å². The molecule has 0 bridgehead atoms. The molecule has 0 saturated heterocycles. The highest BCUT2D eigenvalue weighted by molar-refractivity contribution is 6.30. The Morgan fingerprint density at radius 2 is 1.17 bits per heavy atom. The molecule has 0 fully saturated rings. The van der Waals surface area contributed by atoms with Crippen LogP contribution in [0.25, 0.3) is 71.6 Å². The number of aromatic nitrogens is 1. The van der Waals surface area contributed by atoms with Crippen LogP contribution in [0.5, 0.6) is 0 Å². The molecule has 48 heavy (non-hydrogen) atoms. The van der Waals surface area contributed by atoms with Gasteiger partial charge in [-0.25, -0.2) is 0 Å². The number of anilines is 2. The molecule has 0 spiro atoms. The Kier molecular flexibility index (Phi) is 6.04. The third-order valence-corrected chi connectivity index (χ3v) is 10.1. The Balaban J connectivity index is 1.26. The molecule has 0 aliphatic heterocycles. The predicted octanol–water partition coefficient (Wildman–Crippen LogP) is 12.6. The number of nitrogens with zero attached hydrogens (tertiary/aromatic N) is 2. The summed E-state index contributed by atoms with van der Waals surface area (Å²) in [6, 6.07) is 55.8. The van der Waals surface area contributed by atoms with Crippen molar-refractivity contribution in [1.82, 2.24) is 4.57 Å². The van der Waals surface area contributed by atoms with Crippen LogP contribution >= 0.6 is 0 Å². The second-order valence-electron chi connectivity index (χ2n) is 12.8.